The molecule has 326 valence electrons. The number of nitrogens with zero attached hydrogens (tertiary/aromatic N) is 7. The molecule has 2 aromatic carbocycles. The molecule has 0 amide bonds. The number of nitrogens with two attached hydrogens (primary N) is 2. The molecular weight excluding hydrogens is 805 g/mol. The molecule has 13 N–H and O–H groups in total. The predicted octanol–water partition coefficient (Wildman–Crippen LogP) is 5.25. The van der Waals surface area contributed by atoms with Crippen molar-refractivity contribution in [1.82, 2.24) is 50.6 Å². The molecule has 0 saturated carbocycles. The Morgan fingerprint density at radius 1 is 0.677 bits per heavy atom. The van der Waals surface area contributed by atoms with Gasteiger partial charge in [0.15, 0.2) is 0 Å². The zero-order chi connectivity index (χ0) is 45.6. The van der Waals surface area contributed by atoms with Gasteiger partial charge in [0.1, 0.15) is 11.6 Å². The number of rotatable bonds is 6. The monoisotopic (exact) mass is 852 g/mol. The molecule has 0 bridgehead atoms. The predicted molar refractivity (Wildman–Crippen MR) is 233 cm³/mol. The number of H-pyrrole nitrogens is 2. The standard InChI is InChI=1S/C16H19N7.C16H13N7.4C2H4O2/c2*17-16-19-5-3-14(22-16)21-12-6-11-9-20-23-15(11)13(7-12)10-2-1-4-18-8-10;4*1-2(3)4/h3,5-7,9-10,18H,1-2,4,8H2,(H,20,23)(H3,17,19,21,22);1-9H,(H,20,23)(H3,17,19,21,22);4*1H3,(H,3,4). The Morgan fingerprint density at radius 2 is 1.18 bits per heavy atom. The lowest BCUT2D eigenvalue weighted by molar-refractivity contribution is -0.135. The molecular formula is C40H48N14O8. The molecule has 6 heterocycles. The summed E-state index contributed by atoms with van der Waals surface area (Å²) in [6, 6.07) is 15.7. The van der Waals surface area contributed by atoms with Gasteiger partial charge in [-0.3, -0.25) is 34.4 Å². The third-order valence-electron chi connectivity index (χ3n) is 7.73. The molecule has 1 aliphatic rings. The smallest absolute Gasteiger partial charge is 0.300 e. The van der Waals surface area contributed by atoms with Crippen molar-refractivity contribution in [3.8, 4) is 11.1 Å². The van der Waals surface area contributed by atoms with Gasteiger partial charge in [-0.05, 0) is 73.3 Å². The van der Waals surface area contributed by atoms with Crippen LogP contribution in [-0.2, 0) is 19.2 Å². The maximum Gasteiger partial charge on any atom is 0.300 e. The van der Waals surface area contributed by atoms with E-state index in [1.165, 1.54) is 18.4 Å². The van der Waals surface area contributed by atoms with Crippen LogP contribution in [0.5, 0.6) is 0 Å². The van der Waals surface area contributed by atoms with E-state index in [1.54, 1.807) is 36.9 Å². The average Bonchev–Trinajstić information content (AvgIpc) is 3.88. The molecule has 1 aliphatic heterocycles. The number of aromatic amines is 2. The lowest BCUT2D eigenvalue weighted by Crippen LogP contribution is -2.28. The van der Waals surface area contributed by atoms with Gasteiger partial charge in [0.2, 0.25) is 11.9 Å². The summed E-state index contributed by atoms with van der Waals surface area (Å²) in [5.74, 6) is -1.03. The van der Waals surface area contributed by atoms with Gasteiger partial charge in [-0.1, -0.05) is 6.07 Å². The van der Waals surface area contributed by atoms with Gasteiger partial charge in [-0.2, -0.15) is 20.2 Å². The summed E-state index contributed by atoms with van der Waals surface area (Å²) < 4.78 is 0. The number of pyridine rings is 1. The number of nitrogen functional groups attached to an aromatic ring is 2. The second-order valence-electron chi connectivity index (χ2n) is 13.0. The fourth-order valence-electron chi connectivity index (χ4n) is 5.66. The first-order valence-electron chi connectivity index (χ1n) is 18.6. The molecule has 8 rings (SSSR count). The third kappa shape index (κ3) is 17.3. The molecule has 1 fully saturated rings. The summed E-state index contributed by atoms with van der Waals surface area (Å²) in [4.78, 5) is 56.4. The van der Waals surface area contributed by atoms with Crippen LogP contribution >= 0.6 is 0 Å². The molecule has 1 atom stereocenters. The number of aliphatic carboxylic acids is 4. The van der Waals surface area contributed by atoms with Gasteiger partial charge in [-0.25, -0.2) is 9.97 Å². The van der Waals surface area contributed by atoms with E-state index in [-0.39, 0.29) is 11.9 Å². The number of anilines is 6. The van der Waals surface area contributed by atoms with Gasteiger partial charge >= 0.3 is 0 Å². The third-order valence-corrected chi connectivity index (χ3v) is 7.73. The molecule has 22 heteroatoms. The fourth-order valence-corrected chi connectivity index (χ4v) is 5.66. The van der Waals surface area contributed by atoms with E-state index in [0.29, 0.717) is 17.6 Å². The average molecular weight is 853 g/mol. The number of carbonyl (C=O) groups is 4. The lowest BCUT2D eigenvalue weighted by Gasteiger charge is -2.24. The topological polar surface area (TPSA) is 359 Å². The molecule has 62 heavy (non-hydrogen) atoms. The highest BCUT2D eigenvalue weighted by molar-refractivity contribution is 5.96. The van der Waals surface area contributed by atoms with Gasteiger partial charge in [0, 0.05) is 92.3 Å². The Bertz CT molecular complexity index is 2460. The van der Waals surface area contributed by atoms with E-state index in [4.69, 9.17) is 51.1 Å². The highest BCUT2D eigenvalue weighted by Gasteiger charge is 2.19. The Morgan fingerprint density at radius 3 is 1.65 bits per heavy atom. The molecule has 5 aromatic heterocycles. The zero-order valence-corrected chi connectivity index (χ0v) is 34.2. The summed E-state index contributed by atoms with van der Waals surface area (Å²) in [5, 5.41) is 56.3. The maximum atomic E-state index is 9.00. The summed E-state index contributed by atoms with van der Waals surface area (Å²) in [7, 11) is 0. The number of nitrogens with one attached hydrogen (secondary N) is 5. The summed E-state index contributed by atoms with van der Waals surface area (Å²) in [5.41, 5.74) is 18.5. The van der Waals surface area contributed by atoms with Crippen molar-refractivity contribution >= 4 is 80.6 Å². The van der Waals surface area contributed by atoms with Gasteiger partial charge < -0.3 is 47.8 Å². The molecule has 7 aromatic rings. The summed E-state index contributed by atoms with van der Waals surface area (Å²) in [6.45, 7) is 6.43. The second-order valence-corrected chi connectivity index (χ2v) is 13.0. The van der Waals surface area contributed by atoms with Crippen LogP contribution in [0.25, 0.3) is 32.9 Å². The van der Waals surface area contributed by atoms with Crippen LogP contribution in [0.3, 0.4) is 0 Å². The van der Waals surface area contributed by atoms with Crippen LogP contribution in [0.15, 0.2) is 85.7 Å². The van der Waals surface area contributed by atoms with E-state index in [9.17, 15) is 0 Å². The number of carboxylic acids is 4. The highest BCUT2D eigenvalue weighted by atomic mass is 16.4. The SMILES string of the molecule is CC(=O)O.CC(=O)O.CC(=O)O.CC(=O)O.Nc1nccc(Nc2cc(-c3cccnc3)c3[nH]ncc3c2)n1.Nc1nccc(Nc2cc(C3CCCNC3)c3[nH]ncc3c2)n1. The molecule has 0 spiro atoms. The van der Waals surface area contributed by atoms with E-state index in [0.717, 1.165) is 85.1 Å². The lowest BCUT2D eigenvalue weighted by atomic mass is 9.90. The molecule has 1 unspecified atom stereocenters. The minimum absolute atomic E-state index is 0.229. The number of fused-ring (bicyclic) bond motifs is 2. The highest BCUT2D eigenvalue weighted by Crippen LogP contribution is 2.33. The van der Waals surface area contributed by atoms with E-state index >= 15 is 0 Å². The van der Waals surface area contributed by atoms with Crippen molar-refractivity contribution in [3.63, 3.8) is 0 Å². The molecule has 1 saturated heterocycles. The normalized spacial score (nSPS) is 12.4. The minimum atomic E-state index is -0.833. The van der Waals surface area contributed by atoms with Crippen molar-refractivity contribution in [2.24, 2.45) is 0 Å². The van der Waals surface area contributed by atoms with Gasteiger partial charge in [0.05, 0.1) is 23.4 Å². The number of benzene rings is 2. The van der Waals surface area contributed by atoms with E-state index in [1.807, 2.05) is 36.7 Å². The van der Waals surface area contributed by atoms with Crippen LogP contribution in [0.1, 0.15) is 52.0 Å². The number of carboxylic acid groups (broad SMARTS) is 4. The van der Waals surface area contributed by atoms with Gasteiger partial charge in [0.25, 0.3) is 23.9 Å². The van der Waals surface area contributed by atoms with Crippen LogP contribution in [0.2, 0.25) is 0 Å². The first kappa shape index (κ1) is 48.1. The first-order chi connectivity index (χ1) is 29.5. The van der Waals surface area contributed by atoms with Crippen molar-refractivity contribution in [2.75, 3.05) is 35.2 Å². The minimum Gasteiger partial charge on any atom is -0.481 e. The van der Waals surface area contributed by atoms with Crippen LogP contribution in [0, 0.1) is 0 Å². The molecule has 0 radical (unpaired) electrons. The molecule has 0 aliphatic carbocycles. The number of piperidine rings is 1. The zero-order valence-electron chi connectivity index (χ0n) is 34.2. The van der Waals surface area contributed by atoms with Crippen molar-refractivity contribution in [2.45, 2.75) is 46.5 Å². The van der Waals surface area contributed by atoms with Crippen molar-refractivity contribution in [1.29, 1.82) is 0 Å². The quantitative estimate of drug-likeness (QED) is 0.102. The Balaban J connectivity index is 0.000000246. The largest absolute Gasteiger partial charge is 0.481 e. The summed E-state index contributed by atoms with van der Waals surface area (Å²) in [6.07, 6.45) is 12.9. The van der Waals surface area contributed by atoms with Crippen molar-refractivity contribution < 1.29 is 39.6 Å². The Hall–Kier alpha value is -8.27. The Kier molecular flexibility index (Phi) is 19.1. The number of hydrogen-bond donors (Lipinski definition) is 11. The van der Waals surface area contributed by atoms with Gasteiger partial charge in [-0.15, -0.1) is 0 Å². The number of aromatic nitrogens is 9. The summed E-state index contributed by atoms with van der Waals surface area (Å²) >= 11 is 0. The fraction of sp³-hybridized carbons (Fsp3) is 0.225. The van der Waals surface area contributed by atoms with Crippen molar-refractivity contribution in [3.05, 3.63) is 91.3 Å². The van der Waals surface area contributed by atoms with Crippen LogP contribution < -0.4 is 27.4 Å². The van der Waals surface area contributed by atoms with Crippen LogP contribution in [-0.4, -0.2) is 103 Å². The van der Waals surface area contributed by atoms with Crippen LogP contribution in [0.4, 0.5) is 34.9 Å². The van der Waals surface area contributed by atoms with E-state index < -0.39 is 23.9 Å². The maximum absolute atomic E-state index is 9.00. The Labute approximate surface area is 354 Å². The first-order valence-corrected chi connectivity index (χ1v) is 18.6. The second kappa shape index (κ2) is 24.6. The number of hydrogen-bond acceptors (Lipinski definition) is 16. The molecule has 22 nitrogen and oxygen atoms in total. The van der Waals surface area contributed by atoms with E-state index in [2.05, 4.69) is 73.4 Å².